The average molecular weight is 404 g/mol. The van der Waals surface area contributed by atoms with Crippen LogP contribution in [0.5, 0.6) is 0 Å². The van der Waals surface area contributed by atoms with Gasteiger partial charge in [-0.2, -0.15) is 36.4 Å². The molecule has 1 radical (unpaired) electrons. The Morgan fingerprint density at radius 3 is 1.36 bits per heavy atom. The maximum Gasteiger partial charge on any atom is 3.00 e. The molecule has 0 aliphatic carbocycles. The number of halogens is 1. The van der Waals surface area contributed by atoms with Gasteiger partial charge in [-0.1, -0.05) is 12.8 Å². The minimum atomic E-state index is 0. The van der Waals surface area contributed by atoms with Crippen LogP contribution in [-0.2, 0) is 21.7 Å². The molecule has 4 nitrogen and oxygen atoms in total. The Kier molecular flexibility index (Phi) is 31.4. The van der Waals surface area contributed by atoms with Crippen LogP contribution in [0.4, 0.5) is 0 Å². The molecular weight excluding hydrogens is 368 g/mol. The first kappa shape index (κ1) is 29.8. The van der Waals surface area contributed by atoms with E-state index in [0.717, 1.165) is 52.4 Å². The van der Waals surface area contributed by atoms with E-state index >= 15 is 0 Å². The molecule has 2 rings (SSSR count). The van der Waals surface area contributed by atoms with Crippen LogP contribution < -0.4 is 16.0 Å². The van der Waals surface area contributed by atoms with Crippen molar-refractivity contribution in [2.75, 3.05) is 52.4 Å². The van der Waals surface area contributed by atoms with Gasteiger partial charge in [0.05, 0.1) is 0 Å². The number of rotatable bonds is 0. The third kappa shape index (κ3) is 24.1. The van der Waals surface area contributed by atoms with Gasteiger partial charge in [0.15, 0.2) is 0 Å². The molecule has 0 amide bonds. The van der Waals surface area contributed by atoms with E-state index in [1.807, 2.05) is 30.3 Å². The van der Waals surface area contributed by atoms with Crippen molar-refractivity contribution in [2.24, 2.45) is 0 Å². The molecule has 1 aliphatic heterocycles. The molecule has 143 valence electrons. The number of nitrogens with one attached hydrogen (secondary N) is 3. The normalized spacial score (nSPS) is 17.3. The van der Waals surface area contributed by atoms with Gasteiger partial charge in [-0.3, -0.25) is 0 Å². The zero-order chi connectivity index (χ0) is 15.6. The molecule has 3 N–H and O–H groups in total. The summed E-state index contributed by atoms with van der Waals surface area (Å²) >= 11 is 0. The molecule has 0 aromatic heterocycles. The van der Waals surface area contributed by atoms with E-state index < -0.39 is 0 Å². The summed E-state index contributed by atoms with van der Waals surface area (Å²) in [5.41, 5.74) is 0. The summed E-state index contributed by atoms with van der Waals surface area (Å²) in [6, 6.07) is 12.5. The maximum atomic E-state index is 4.51. The standard InChI is InChI=1S/C12H27N4.C6H5.CH3.ClH.Ti/c1-5-13-7-2-9-15-11-4-12-16-10-3-8-14-6-1;1-2-4-6-5-3-1;;;/h13-15H,1-12H2;1-5H;1H3;1H;/q3*-1;;+3. The maximum absolute atomic E-state index is 4.51. The van der Waals surface area contributed by atoms with Crippen LogP contribution in [0, 0.1) is 13.5 Å². The van der Waals surface area contributed by atoms with E-state index in [1.165, 1.54) is 25.7 Å². The SMILES string of the molecule is C1C[N-]CCCNCCCNCCCNC1.Cl.[CH3-].[Ti+3].[c-]1ccccc1. The Labute approximate surface area is 177 Å². The minimum Gasteiger partial charge on any atom is -0.662 e. The first-order valence-corrected chi connectivity index (χ1v) is 8.66. The molecule has 1 fully saturated rings. The molecule has 0 bridgehead atoms. The molecule has 0 spiro atoms. The molecule has 25 heavy (non-hydrogen) atoms. The summed E-state index contributed by atoms with van der Waals surface area (Å²) in [6.45, 7) is 8.80. The van der Waals surface area contributed by atoms with Crippen LogP contribution in [0.15, 0.2) is 30.3 Å². The largest absolute Gasteiger partial charge is 3.00 e. The quantitative estimate of drug-likeness (QED) is 0.461. The zero-order valence-corrected chi connectivity index (χ0v) is 18.1. The Morgan fingerprint density at radius 2 is 1.04 bits per heavy atom. The van der Waals surface area contributed by atoms with E-state index in [9.17, 15) is 0 Å². The van der Waals surface area contributed by atoms with Crippen LogP contribution >= 0.6 is 12.4 Å². The van der Waals surface area contributed by atoms with Crippen molar-refractivity contribution in [2.45, 2.75) is 25.7 Å². The Morgan fingerprint density at radius 1 is 0.640 bits per heavy atom. The second-order valence-electron chi connectivity index (χ2n) is 5.41. The molecule has 1 aromatic carbocycles. The predicted molar refractivity (Wildman–Crippen MR) is 109 cm³/mol. The van der Waals surface area contributed by atoms with E-state index in [4.69, 9.17) is 0 Å². The number of benzene rings is 1. The third-order valence-electron chi connectivity index (χ3n) is 3.36. The Bertz CT molecular complexity index is 227. The number of hydrogen-bond acceptors (Lipinski definition) is 3. The van der Waals surface area contributed by atoms with E-state index in [1.54, 1.807) is 0 Å². The van der Waals surface area contributed by atoms with Crippen molar-refractivity contribution in [3.8, 4) is 0 Å². The van der Waals surface area contributed by atoms with Crippen molar-refractivity contribution >= 4 is 12.4 Å². The first-order chi connectivity index (χ1) is 11.0. The van der Waals surface area contributed by atoms with Gasteiger partial charge in [0, 0.05) is 0 Å². The van der Waals surface area contributed by atoms with E-state index in [2.05, 4.69) is 27.3 Å². The van der Waals surface area contributed by atoms with Gasteiger partial charge in [-0.15, -0.1) is 25.5 Å². The number of nitrogens with zero attached hydrogens (tertiary/aromatic N) is 1. The average Bonchev–Trinajstić information content (AvgIpc) is 2.57. The van der Waals surface area contributed by atoms with Gasteiger partial charge < -0.3 is 28.7 Å². The van der Waals surface area contributed by atoms with Crippen molar-refractivity contribution < 1.29 is 21.7 Å². The summed E-state index contributed by atoms with van der Waals surface area (Å²) in [5, 5.41) is 14.9. The Balaban J connectivity index is -0.000000461. The monoisotopic (exact) mass is 403 g/mol. The van der Waals surface area contributed by atoms with E-state index in [0.29, 0.717) is 0 Å². The summed E-state index contributed by atoms with van der Waals surface area (Å²) in [5.74, 6) is 0. The summed E-state index contributed by atoms with van der Waals surface area (Å²) in [4.78, 5) is 0. The van der Waals surface area contributed by atoms with E-state index in [-0.39, 0.29) is 41.6 Å². The second kappa shape index (κ2) is 26.3. The van der Waals surface area contributed by atoms with Crippen molar-refractivity contribution in [3.63, 3.8) is 0 Å². The molecule has 1 heterocycles. The summed E-state index contributed by atoms with van der Waals surface area (Å²) in [6.07, 6.45) is 4.82. The van der Waals surface area contributed by atoms with Crippen molar-refractivity contribution in [3.05, 3.63) is 49.1 Å². The molecule has 1 aliphatic rings. The minimum absolute atomic E-state index is 0. The van der Waals surface area contributed by atoms with Crippen LogP contribution in [0.3, 0.4) is 0 Å². The van der Waals surface area contributed by atoms with Crippen LogP contribution in [0.2, 0.25) is 0 Å². The fourth-order valence-electron chi connectivity index (χ4n) is 2.14. The summed E-state index contributed by atoms with van der Waals surface area (Å²) < 4.78 is 0. The fourth-order valence-corrected chi connectivity index (χ4v) is 2.14. The molecule has 0 saturated carbocycles. The molecule has 0 unspecified atom stereocenters. The van der Waals surface area contributed by atoms with Crippen molar-refractivity contribution in [1.82, 2.24) is 16.0 Å². The van der Waals surface area contributed by atoms with Gasteiger partial charge in [0.2, 0.25) is 0 Å². The molecule has 1 saturated heterocycles. The molecule has 6 heteroatoms. The van der Waals surface area contributed by atoms with Gasteiger partial charge in [-0.05, 0) is 52.1 Å². The Hall–Kier alpha value is 0.0643. The van der Waals surface area contributed by atoms with Crippen LogP contribution in [0.1, 0.15) is 25.7 Å². The first-order valence-electron chi connectivity index (χ1n) is 8.66. The fraction of sp³-hybridized carbons (Fsp3) is 0.632. The van der Waals surface area contributed by atoms with Crippen LogP contribution in [-0.4, -0.2) is 52.4 Å². The molecule has 0 atom stereocenters. The van der Waals surface area contributed by atoms with Gasteiger partial charge in [0.25, 0.3) is 0 Å². The summed E-state index contributed by atoms with van der Waals surface area (Å²) in [7, 11) is 0. The van der Waals surface area contributed by atoms with Gasteiger partial charge in [-0.25, -0.2) is 0 Å². The molecular formula is C19H36ClN4Ti. The van der Waals surface area contributed by atoms with Gasteiger partial charge >= 0.3 is 21.7 Å². The van der Waals surface area contributed by atoms with Crippen LogP contribution in [0.25, 0.3) is 5.32 Å². The number of hydrogen-bond donors (Lipinski definition) is 3. The second-order valence-corrected chi connectivity index (χ2v) is 5.41. The smallest absolute Gasteiger partial charge is 0.662 e. The predicted octanol–water partition coefficient (Wildman–Crippen LogP) is 3.06. The topological polar surface area (TPSA) is 50.2 Å². The molecule has 1 aromatic rings. The van der Waals surface area contributed by atoms with Gasteiger partial charge in [0.1, 0.15) is 0 Å². The van der Waals surface area contributed by atoms with Crippen molar-refractivity contribution in [1.29, 1.82) is 0 Å². The third-order valence-corrected chi connectivity index (χ3v) is 3.36. The zero-order valence-electron chi connectivity index (χ0n) is 15.7.